The number of aromatic amines is 1. The lowest BCUT2D eigenvalue weighted by molar-refractivity contribution is -0.390. The molecule has 0 radical (unpaired) electrons. The summed E-state index contributed by atoms with van der Waals surface area (Å²) >= 11 is 3.46. The number of nitrogens with one attached hydrogen (secondary N) is 2. The van der Waals surface area contributed by atoms with E-state index in [1.807, 2.05) is 0 Å². The van der Waals surface area contributed by atoms with Crippen LogP contribution in [-0.4, -0.2) is 31.9 Å². The van der Waals surface area contributed by atoms with Crippen LogP contribution in [0.25, 0.3) is 10.2 Å². The fraction of sp³-hybridized carbons (Fsp3) is 0.143. The van der Waals surface area contributed by atoms with Crippen LogP contribution in [0.1, 0.15) is 31.4 Å². The first-order valence-electron chi connectivity index (χ1n) is 7.42. The van der Waals surface area contributed by atoms with Gasteiger partial charge in [0.15, 0.2) is 5.69 Å². The number of aryl methyl sites for hydroxylation is 1. The number of carbonyl (C=O) groups is 2. The summed E-state index contributed by atoms with van der Waals surface area (Å²) in [6, 6.07) is 0.769. The Bertz CT molecular complexity index is 1190. The average Bonchev–Trinajstić information content (AvgIpc) is 3.15. The summed E-state index contributed by atoms with van der Waals surface area (Å²) in [5.41, 5.74) is 3.66. The molecule has 0 saturated carbocycles. The van der Waals surface area contributed by atoms with Gasteiger partial charge in [-0.1, -0.05) is 5.10 Å². The largest absolute Gasteiger partial charge is 0.433 e. The first-order chi connectivity index (χ1) is 13.4. The van der Waals surface area contributed by atoms with E-state index < -0.39 is 40.1 Å². The number of nitro groups is 1. The third-order valence-corrected chi connectivity index (χ3v) is 5.55. The predicted molar refractivity (Wildman–Crippen MR) is 98.8 cm³/mol. The Morgan fingerprint density at radius 1 is 1.41 bits per heavy atom. The smallest absolute Gasteiger partial charge is 0.365 e. The number of hydrogen-bond acceptors (Lipinski definition) is 7. The van der Waals surface area contributed by atoms with Gasteiger partial charge in [0.25, 0.3) is 11.8 Å². The minimum absolute atomic E-state index is 0.0892. The van der Waals surface area contributed by atoms with Crippen molar-refractivity contribution >= 4 is 60.8 Å². The van der Waals surface area contributed by atoms with E-state index in [1.54, 1.807) is 0 Å². The van der Waals surface area contributed by atoms with E-state index in [0.29, 0.717) is 11.3 Å². The van der Waals surface area contributed by atoms with Crippen LogP contribution in [0, 0.1) is 17.0 Å². The van der Waals surface area contributed by atoms with Crippen molar-refractivity contribution in [2.75, 3.05) is 5.32 Å². The average molecular weight is 493 g/mol. The molecule has 0 atom stereocenters. The van der Waals surface area contributed by atoms with Gasteiger partial charge >= 0.3 is 12.0 Å². The van der Waals surface area contributed by atoms with Gasteiger partial charge in [-0.2, -0.15) is 13.2 Å². The van der Waals surface area contributed by atoms with Gasteiger partial charge in [-0.15, -0.1) is 16.4 Å². The van der Waals surface area contributed by atoms with Crippen molar-refractivity contribution in [3.63, 3.8) is 0 Å². The zero-order valence-electron chi connectivity index (χ0n) is 14.0. The van der Waals surface area contributed by atoms with Crippen LogP contribution < -0.4 is 11.1 Å². The fourth-order valence-corrected chi connectivity index (χ4v) is 4.04. The molecule has 3 heterocycles. The highest BCUT2D eigenvalue weighted by Gasteiger charge is 2.34. The number of nitrogens with zero attached hydrogens (tertiary/aromatic N) is 3. The summed E-state index contributed by atoms with van der Waals surface area (Å²) in [4.78, 5) is 37.5. The Hall–Kier alpha value is -3.07. The Balaban J connectivity index is 2.13. The second-order valence-electron chi connectivity index (χ2n) is 5.62. The van der Waals surface area contributed by atoms with Crippen LogP contribution in [0.3, 0.4) is 0 Å². The topological polar surface area (TPSA) is 157 Å². The standard InChI is InChI=1S/C14H8BrF3N6O4S/c1-3-2-4(14(16,17)18)20-13-5(3)7(9(29-13)10(19)25)21-12(26)8-6(15)11(23-22-8)24(27)28/h2H,1H3,(H2,19,25)(H,21,26)(H,22,23). The van der Waals surface area contributed by atoms with Gasteiger partial charge in [0.05, 0.1) is 5.69 Å². The van der Waals surface area contributed by atoms with Gasteiger partial charge < -0.3 is 21.2 Å². The van der Waals surface area contributed by atoms with Crippen LogP contribution in [-0.2, 0) is 6.18 Å². The van der Waals surface area contributed by atoms with Crippen LogP contribution in [0.15, 0.2) is 10.5 Å². The van der Waals surface area contributed by atoms with Gasteiger partial charge in [-0.25, -0.2) is 4.98 Å². The van der Waals surface area contributed by atoms with Crippen LogP contribution >= 0.6 is 27.3 Å². The van der Waals surface area contributed by atoms with E-state index in [1.165, 1.54) is 6.92 Å². The molecule has 15 heteroatoms. The van der Waals surface area contributed by atoms with Crippen LogP contribution in [0.4, 0.5) is 24.7 Å². The molecule has 3 aromatic rings. The number of aromatic nitrogens is 3. The lowest BCUT2D eigenvalue weighted by Crippen LogP contribution is -2.17. The van der Waals surface area contributed by atoms with E-state index in [-0.39, 0.29) is 30.8 Å². The number of primary amides is 1. The molecule has 0 unspecified atom stereocenters. The molecule has 0 fully saturated rings. The Morgan fingerprint density at radius 2 is 2.07 bits per heavy atom. The number of halogens is 4. The van der Waals surface area contributed by atoms with Crippen molar-refractivity contribution in [2.45, 2.75) is 13.1 Å². The van der Waals surface area contributed by atoms with Gasteiger partial charge in [0.1, 0.15) is 19.9 Å². The number of amides is 2. The molecule has 29 heavy (non-hydrogen) atoms. The van der Waals surface area contributed by atoms with Crippen molar-refractivity contribution in [3.05, 3.63) is 42.5 Å². The molecular weight excluding hydrogens is 485 g/mol. The maximum Gasteiger partial charge on any atom is 0.433 e. The number of pyridine rings is 1. The molecule has 2 amide bonds. The second-order valence-corrected chi connectivity index (χ2v) is 7.41. The van der Waals surface area contributed by atoms with Crippen molar-refractivity contribution in [1.82, 2.24) is 15.2 Å². The van der Waals surface area contributed by atoms with Gasteiger partial charge in [-0.05, 0) is 39.4 Å². The molecule has 10 nitrogen and oxygen atoms in total. The summed E-state index contributed by atoms with van der Waals surface area (Å²) in [5, 5.41) is 18.9. The molecule has 152 valence electrons. The Labute approximate surface area is 170 Å². The third kappa shape index (κ3) is 3.65. The summed E-state index contributed by atoms with van der Waals surface area (Å²) in [6.07, 6.45) is -4.71. The molecule has 3 aromatic heterocycles. The van der Waals surface area contributed by atoms with E-state index in [9.17, 15) is 32.9 Å². The van der Waals surface area contributed by atoms with Crippen molar-refractivity contribution in [2.24, 2.45) is 5.73 Å². The quantitative estimate of drug-likeness (QED) is 0.374. The Kier molecular flexibility index (Phi) is 5.04. The first kappa shape index (κ1) is 20.7. The third-order valence-electron chi connectivity index (χ3n) is 3.70. The van der Waals surface area contributed by atoms with Crippen molar-refractivity contribution < 1.29 is 27.7 Å². The van der Waals surface area contributed by atoms with Crippen LogP contribution in [0.2, 0.25) is 0 Å². The number of nitrogens with two attached hydrogens (primary N) is 1. The lowest BCUT2D eigenvalue weighted by Gasteiger charge is -2.09. The number of hydrogen-bond donors (Lipinski definition) is 3. The number of alkyl halides is 3. The van der Waals surface area contributed by atoms with Gasteiger partial charge in [0, 0.05) is 5.39 Å². The SMILES string of the molecule is Cc1cc(C(F)(F)F)nc2sc(C(N)=O)c(NC(=O)c3n[nH]c([N+](=O)[O-])c3Br)c12. The Morgan fingerprint density at radius 3 is 2.59 bits per heavy atom. The lowest BCUT2D eigenvalue weighted by atomic mass is 10.1. The zero-order valence-corrected chi connectivity index (χ0v) is 16.5. The highest BCUT2D eigenvalue weighted by Crippen LogP contribution is 2.40. The number of H-pyrrole nitrogens is 1. The van der Waals surface area contributed by atoms with Gasteiger partial charge in [0.2, 0.25) is 0 Å². The van der Waals surface area contributed by atoms with Crippen molar-refractivity contribution in [3.8, 4) is 0 Å². The van der Waals surface area contributed by atoms with Crippen molar-refractivity contribution in [1.29, 1.82) is 0 Å². The number of thiophene rings is 1. The molecule has 0 spiro atoms. The summed E-state index contributed by atoms with van der Waals surface area (Å²) in [5.74, 6) is -2.53. The van der Waals surface area contributed by atoms with E-state index in [4.69, 9.17) is 5.73 Å². The minimum Gasteiger partial charge on any atom is -0.365 e. The number of rotatable bonds is 4. The maximum atomic E-state index is 13.0. The van der Waals surface area contributed by atoms with E-state index >= 15 is 0 Å². The van der Waals surface area contributed by atoms with E-state index in [0.717, 1.165) is 6.07 Å². The molecular formula is C14H8BrF3N6O4S. The number of anilines is 1. The molecule has 0 bridgehead atoms. The maximum absolute atomic E-state index is 13.0. The summed E-state index contributed by atoms with van der Waals surface area (Å²) in [6.45, 7) is 1.35. The number of carbonyl (C=O) groups excluding carboxylic acids is 2. The predicted octanol–water partition coefficient (Wildman–Crippen LogP) is 3.37. The molecule has 0 aliphatic carbocycles. The summed E-state index contributed by atoms with van der Waals surface area (Å²) < 4.78 is 38.8. The zero-order chi connectivity index (χ0) is 21.7. The molecule has 0 saturated heterocycles. The highest BCUT2D eigenvalue weighted by atomic mass is 79.9. The summed E-state index contributed by atoms with van der Waals surface area (Å²) in [7, 11) is 0. The molecule has 3 rings (SSSR count). The first-order valence-corrected chi connectivity index (χ1v) is 9.03. The molecule has 0 aliphatic heterocycles. The van der Waals surface area contributed by atoms with E-state index in [2.05, 4.69) is 36.4 Å². The number of fused-ring (bicyclic) bond motifs is 1. The highest BCUT2D eigenvalue weighted by molar-refractivity contribution is 9.10. The second kappa shape index (κ2) is 7.07. The molecule has 4 N–H and O–H groups in total. The van der Waals surface area contributed by atoms with Gasteiger partial charge in [-0.3, -0.25) is 9.59 Å². The molecule has 0 aromatic carbocycles. The monoisotopic (exact) mass is 492 g/mol. The van der Waals surface area contributed by atoms with Crippen LogP contribution in [0.5, 0.6) is 0 Å². The normalized spacial score (nSPS) is 11.6. The minimum atomic E-state index is -4.71. The molecule has 0 aliphatic rings. The fourth-order valence-electron chi connectivity index (χ4n) is 2.48.